The van der Waals surface area contributed by atoms with E-state index in [1.165, 1.54) is 12.1 Å². The maximum Gasteiger partial charge on any atom is 0.244 e. The van der Waals surface area contributed by atoms with Crippen LogP contribution in [0.5, 0.6) is 11.5 Å². The first-order valence-electron chi connectivity index (χ1n) is 8.43. The summed E-state index contributed by atoms with van der Waals surface area (Å²) in [6.45, 7) is 3.67. The van der Waals surface area contributed by atoms with Gasteiger partial charge in [-0.2, -0.15) is 0 Å². The zero-order chi connectivity index (χ0) is 19.4. The lowest BCUT2D eigenvalue weighted by Crippen LogP contribution is -2.23. The molecule has 138 valence electrons. The smallest absolute Gasteiger partial charge is 0.244 e. The van der Waals surface area contributed by atoms with Crippen molar-refractivity contribution in [2.45, 2.75) is 20.4 Å². The van der Waals surface area contributed by atoms with Crippen LogP contribution in [0.15, 0.2) is 65.5 Å². The second-order valence-electron chi connectivity index (χ2n) is 6.16. The first-order chi connectivity index (χ1) is 12.9. The number of carbonyl (C=O) groups is 1. The van der Waals surface area contributed by atoms with Gasteiger partial charge in [-0.25, -0.2) is 0 Å². The third-order valence-corrected chi connectivity index (χ3v) is 4.28. The number of hydrogen-bond donors (Lipinski definition) is 1. The van der Waals surface area contributed by atoms with Gasteiger partial charge in [0.05, 0.1) is 5.69 Å². The Morgan fingerprint density at radius 2 is 1.70 bits per heavy atom. The molecule has 0 bridgehead atoms. The highest BCUT2D eigenvalue weighted by Gasteiger charge is 2.12. The van der Waals surface area contributed by atoms with E-state index in [9.17, 15) is 9.59 Å². The van der Waals surface area contributed by atoms with E-state index in [0.29, 0.717) is 22.2 Å². The van der Waals surface area contributed by atoms with Gasteiger partial charge < -0.3 is 14.6 Å². The summed E-state index contributed by atoms with van der Waals surface area (Å²) in [5.74, 6) is 0.903. The number of anilines is 1. The van der Waals surface area contributed by atoms with E-state index in [2.05, 4.69) is 5.32 Å². The van der Waals surface area contributed by atoms with Crippen LogP contribution in [-0.4, -0.2) is 10.5 Å². The molecule has 3 aromatic rings. The van der Waals surface area contributed by atoms with Crippen LogP contribution in [0.4, 0.5) is 5.69 Å². The zero-order valence-corrected chi connectivity index (χ0v) is 15.8. The van der Waals surface area contributed by atoms with E-state index in [0.717, 1.165) is 11.4 Å². The fourth-order valence-electron chi connectivity index (χ4n) is 2.77. The quantitative estimate of drug-likeness (QED) is 0.704. The van der Waals surface area contributed by atoms with Crippen LogP contribution in [0.1, 0.15) is 11.4 Å². The Labute approximate surface area is 162 Å². The number of carbonyl (C=O) groups excluding carboxylic acids is 1. The predicted octanol–water partition coefficient (Wildman–Crippen LogP) is 4.55. The average Bonchev–Trinajstić information content (AvgIpc) is 2.61. The number of nitrogens with one attached hydrogen (secondary N) is 1. The zero-order valence-electron chi connectivity index (χ0n) is 15.0. The Kier molecular flexibility index (Phi) is 5.62. The van der Waals surface area contributed by atoms with Crippen LogP contribution in [0.3, 0.4) is 0 Å². The normalized spacial score (nSPS) is 10.5. The number of hydrogen-bond acceptors (Lipinski definition) is 3. The van der Waals surface area contributed by atoms with Crippen LogP contribution in [0.2, 0.25) is 5.02 Å². The summed E-state index contributed by atoms with van der Waals surface area (Å²) in [4.78, 5) is 24.1. The van der Waals surface area contributed by atoms with Crippen molar-refractivity contribution in [3.8, 4) is 11.5 Å². The van der Waals surface area contributed by atoms with Gasteiger partial charge in [0.15, 0.2) is 11.2 Å². The number of pyridine rings is 1. The number of aryl methyl sites for hydroxylation is 2. The number of amides is 1. The molecular formula is C21H19ClN2O3. The van der Waals surface area contributed by atoms with Crippen molar-refractivity contribution in [1.82, 2.24) is 4.57 Å². The lowest BCUT2D eigenvalue weighted by atomic mass is 10.2. The molecule has 5 nitrogen and oxygen atoms in total. The summed E-state index contributed by atoms with van der Waals surface area (Å²) < 4.78 is 7.63. The fourth-order valence-corrected chi connectivity index (χ4v) is 2.95. The Bertz CT molecular complexity index is 1000. The maximum atomic E-state index is 12.6. The minimum absolute atomic E-state index is 0.0740. The molecule has 0 saturated carbocycles. The third kappa shape index (κ3) is 4.77. The molecule has 3 rings (SSSR count). The molecule has 1 amide bonds. The van der Waals surface area contributed by atoms with Crippen LogP contribution >= 0.6 is 11.6 Å². The van der Waals surface area contributed by atoms with Gasteiger partial charge in [0.25, 0.3) is 0 Å². The van der Waals surface area contributed by atoms with Crippen molar-refractivity contribution >= 4 is 23.2 Å². The van der Waals surface area contributed by atoms with Crippen molar-refractivity contribution in [2.75, 3.05) is 5.32 Å². The molecule has 1 N–H and O–H groups in total. The molecule has 27 heavy (non-hydrogen) atoms. The Balaban J connectivity index is 1.82. The van der Waals surface area contributed by atoms with Gasteiger partial charge in [0, 0.05) is 28.5 Å². The minimum Gasteiger partial charge on any atom is -0.455 e. The lowest BCUT2D eigenvalue weighted by Gasteiger charge is -2.16. The first kappa shape index (κ1) is 18.7. The molecular weight excluding hydrogens is 364 g/mol. The highest BCUT2D eigenvalue weighted by Crippen LogP contribution is 2.32. The second kappa shape index (κ2) is 8.10. The van der Waals surface area contributed by atoms with E-state index < -0.39 is 0 Å². The Morgan fingerprint density at radius 3 is 2.37 bits per heavy atom. The van der Waals surface area contributed by atoms with Gasteiger partial charge in [-0.3, -0.25) is 9.59 Å². The van der Waals surface area contributed by atoms with Gasteiger partial charge >= 0.3 is 0 Å². The van der Waals surface area contributed by atoms with Gasteiger partial charge in [-0.05, 0) is 44.2 Å². The van der Waals surface area contributed by atoms with E-state index in [4.69, 9.17) is 16.3 Å². The van der Waals surface area contributed by atoms with Gasteiger partial charge in [0.2, 0.25) is 5.91 Å². The molecule has 1 heterocycles. The van der Waals surface area contributed by atoms with Crippen molar-refractivity contribution in [3.63, 3.8) is 0 Å². The third-order valence-electron chi connectivity index (χ3n) is 4.04. The number of ether oxygens (including phenoxy) is 1. The Hall–Kier alpha value is -3.05. The second-order valence-corrected chi connectivity index (χ2v) is 6.60. The molecule has 6 heteroatoms. The van der Waals surface area contributed by atoms with Crippen molar-refractivity contribution < 1.29 is 9.53 Å². The highest BCUT2D eigenvalue weighted by atomic mass is 35.5. The number of nitrogens with zero attached hydrogens (tertiary/aromatic N) is 1. The number of aromatic nitrogens is 1. The molecule has 0 fully saturated rings. The summed E-state index contributed by atoms with van der Waals surface area (Å²) in [5, 5.41) is 3.33. The first-order valence-corrected chi connectivity index (χ1v) is 8.80. The van der Waals surface area contributed by atoms with Gasteiger partial charge in [0.1, 0.15) is 12.3 Å². The fraction of sp³-hybridized carbons (Fsp3) is 0.143. The monoisotopic (exact) mass is 382 g/mol. The number of para-hydroxylation sites is 1. The van der Waals surface area contributed by atoms with Crippen molar-refractivity contribution in [1.29, 1.82) is 0 Å². The maximum absolute atomic E-state index is 12.6. The van der Waals surface area contributed by atoms with E-state index >= 15 is 0 Å². The number of halogens is 1. The van der Waals surface area contributed by atoms with E-state index in [-0.39, 0.29) is 17.9 Å². The number of benzene rings is 2. The van der Waals surface area contributed by atoms with Crippen LogP contribution < -0.4 is 15.5 Å². The minimum atomic E-state index is -0.245. The summed E-state index contributed by atoms with van der Waals surface area (Å²) >= 11 is 6.08. The summed E-state index contributed by atoms with van der Waals surface area (Å²) in [6, 6.07) is 17.3. The average molecular weight is 383 g/mol. The van der Waals surface area contributed by atoms with Gasteiger partial charge in [-0.15, -0.1) is 0 Å². The summed E-state index contributed by atoms with van der Waals surface area (Å²) in [7, 11) is 0. The van der Waals surface area contributed by atoms with Crippen molar-refractivity contribution in [3.05, 3.63) is 87.3 Å². The lowest BCUT2D eigenvalue weighted by molar-refractivity contribution is -0.116. The van der Waals surface area contributed by atoms with Crippen LogP contribution in [-0.2, 0) is 11.3 Å². The summed E-state index contributed by atoms with van der Waals surface area (Å²) in [6.07, 6.45) is 0. The molecule has 1 aromatic heterocycles. The molecule has 0 atom stereocenters. The molecule has 0 aliphatic carbocycles. The summed E-state index contributed by atoms with van der Waals surface area (Å²) in [5.41, 5.74) is 1.85. The largest absolute Gasteiger partial charge is 0.455 e. The molecule has 0 aliphatic heterocycles. The Morgan fingerprint density at radius 1 is 1.04 bits per heavy atom. The number of rotatable bonds is 5. The highest BCUT2D eigenvalue weighted by molar-refractivity contribution is 6.31. The van der Waals surface area contributed by atoms with E-state index in [1.807, 2.05) is 30.3 Å². The SMILES string of the molecule is Cc1cc(=O)cc(C)n1CC(=O)Nc1cc(Cl)ccc1Oc1ccccc1. The van der Waals surface area contributed by atoms with E-state index in [1.54, 1.807) is 36.6 Å². The standard InChI is InChI=1S/C21H19ClN2O3/c1-14-10-17(25)11-15(2)24(14)13-21(26)23-19-12-16(22)8-9-20(19)27-18-6-4-3-5-7-18/h3-12H,13H2,1-2H3,(H,23,26). The van der Waals surface area contributed by atoms with Crippen LogP contribution in [0, 0.1) is 13.8 Å². The molecule has 0 spiro atoms. The molecule has 0 saturated heterocycles. The molecule has 0 unspecified atom stereocenters. The molecule has 0 radical (unpaired) electrons. The van der Waals surface area contributed by atoms with Crippen LogP contribution in [0.25, 0.3) is 0 Å². The molecule has 0 aliphatic rings. The van der Waals surface area contributed by atoms with Gasteiger partial charge in [-0.1, -0.05) is 29.8 Å². The van der Waals surface area contributed by atoms with Crippen molar-refractivity contribution in [2.24, 2.45) is 0 Å². The predicted molar refractivity (Wildman–Crippen MR) is 107 cm³/mol. The topological polar surface area (TPSA) is 60.3 Å². The molecule has 2 aromatic carbocycles.